The molecule has 0 spiro atoms. The second-order valence-electron chi connectivity index (χ2n) is 4.53. The lowest BCUT2D eigenvalue weighted by Crippen LogP contribution is -1.87. The van der Waals surface area contributed by atoms with Crippen LogP contribution >= 0.6 is 0 Å². The molecule has 0 heterocycles. The molecule has 0 aliphatic heterocycles. The Morgan fingerprint density at radius 1 is 1.06 bits per heavy atom. The van der Waals surface area contributed by atoms with Crippen molar-refractivity contribution in [1.82, 2.24) is 0 Å². The predicted octanol–water partition coefficient (Wildman–Crippen LogP) is 4.65. The quantitative estimate of drug-likeness (QED) is 0.421. The lowest BCUT2D eigenvalue weighted by Gasteiger charge is -2.02. The van der Waals surface area contributed by atoms with Crippen molar-refractivity contribution < 1.29 is 5.11 Å². The maximum atomic E-state index is 8.67. The van der Waals surface area contributed by atoms with Gasteiger partial charge in [-0.2, -0.15) is 0 Å². The molecule has 0 atom stereocenters. The minimum Gasteiger partial charge on any atom is -0.396 e. The first-order valence-corrected chi connectivity index (χ1v) is 7.29. The molecular weight excluding hydrogens is 222 g/mol. The Labute approximate surface area is 113 Å². The molecule has 0 bridgehead atoms. The molecule has 0 rings (SSSR count). The molecule has 0 amide bonds. The van der Waals surface area contributed by atoms with Gasteiger partial charge < -0.3 is 5.11 Å². The van der Waals surface area contributed by atoms with Gasteiger partial charge in [-0.05, 0) is 38.2 Å². The van der Waals surface area contributed by atoms with Crippen molar-refractivity contribution in [3.05, 3.63) is 23.9 Å². The van der Waals surface area contributed by atoms with E-state index >= 15 is 0 Å². The molecule has 0 aromatic carbocycles. The number of aliphatic imine (C=N–C) groups is 1. The molecule has 0 aromatic rings. The summed E-state index contributed by atoms with van der Waals surface area (Å²) in [6.07, 6.45) is 17.4. The summed E-state index contributed by atoms with van der Waals surface area (Å²) in [6.45, 7) is 4.52. The van der Waals surface area contributed by atoms with Crippen molar-refractivity contribution in [1.29, 1.82) is 0 Å². The first-order valence-electron chi connectivity index (χ1n) is 7.29. The van der Waals surface area contributed by atoms with Gasteiger partial charge in [0.2, 0.25) is 0 Å². The third-order valence-electron chi connectivity index (χ3n) is 2.91. The number of allylic oxidation sites excluding steroid dienone is 3. The molecule has 0 saturated heterocycles. The van der Waals surface area contributed by atoms with Crippen molar-refractivity contribution in [3.8, 4) is 0 Å². The van der Waals surface area contributed by atoms with Gasteiger partial charge in [-0.25, -0.2) is 0 Å². The summed E-state index contributed by atoms with van der Waals surface area (Å²) in [5.74, 6) is 0. The van der Waals surface area contributed by atoms with Crippen LogP contribution in [0, 0.1) is 0 Å². The number of rotatable bonds is 11. The Morgan fingerprint density at radius 3 is 2.33 bits per heavy atom. The minimum absolute atomic E-state index is 0.338. The van der Waals surface area contributed by atoms with E-state index in [1.807, 2.05) is 12.4 Å². The highest BCUT2D eigenvalue weighted by Crippen LogP contribution is 2.10. The molecule has 0 aliphatic carbocycles. The van der Waals surface area contributed by atoms with E-state index in [1.165, 1.54) is 31.3 Å². The first-order chi connectivity index (χ1) is 8.85. The summed E-state index contributed by atoms with van der Waals surface area (Å²) in [4.78, 5) is 4.27. The molecule has 18 heavy (non-hydrogen) atoms. The maximum absolute atomic E-state index is 8.67. The molecule has 104 valence electrons. The highest BCUT2D eigenvalue weighted by Gasteiger charge is 1.94. The highest BCUT2D eigenvalue weighted by atomic mass is 16.2. The number of nitrogens with zero attached hydrogens (tertiary/aromatic N) is 1. The number of aliphatic hydroxyl groups is 1. The number of aliphatic hydroxyl groups excluding tert-OH is 1. The molecule has 0 fully saturated rings. The van der Waals surface area contributed by atoms with E-state index in [1.54, 1.807) is 0 Å². The third-order valence-corrected chi connectivity index (χ3v) is 2.91. The number of hydrogen-bond acceptors (Lipinski definition) is 2. The second-order valence-corrected chi connectivity index (χ2v) is 4.53. The Hall–Kier alpha value is -0.890. The van der Waals surface area contributed by atoms with Gasteiger partial charge in [0.15, 0.2) is 0 Å². The van der Waals surface area contributed by atoms with E-state index in [4.69, 9.17) is 5.11 Å². The van der Waals surface area contributed by atoms with Crippen molar-refractivity contribution in [2.24, 2.45) is 4.99 Å². The van der Waals surface area contributed by atoms with Crippen LogP contribution in [0.3, 0.4) is 0 Å². The molecule has 0 aliphatic rings. The summed E-state index contributed by atoms with van der Waals surface area (Å²) in [6, 6.07) is 0. The zero-order valence-electron chi connectivity index (χ0n) is 12.1. The van der Waals surface area contributed by atoms with E-state index in [0.717, 1.165) is 25.7 Å². The summed E-state index contributed by atoms with van der Waals surface area (Å²) in [5.41, 5.74) is 1.33. The van der Waals surface area contributed by atoms with Gasteiger partial charge in [0.1, 0.15) is 0 Å². The monoisotopic (exact) mass is 251 g/mol. The molecular formula is C16H29NO. The largest absolute Gasteiger partial charge is 0.396 e. The normalized spacial score (nSPS) is 12.9. The Bertz CT molecular complexity index is 254. The lowest BCUT2D eigenvalue weighted by molar-refractivity contribution is 0.282. The van der Waals surface area contributed by atoms with Gasteiger partial charge in [0.25, 0.3) is 0 Å². The van der Waals surface area contributed by atoms with E-state index in [2.05, 4.69) is 31.0 Å². The van der Waals surface area contributed by atoms with Crippen LogP contribution in [0.1, 0.15) is 65.2 Å². The van der Waals surface area contributed by atoms with Crippen LogP contribution in [-0.4, -0.2) is 17.9 Å². The molecule has 0 unspecified atom stereocenters. The Morgan fingerprint density at radius 2 is 1.72 bits per heavy atom. The van der Waals surface area contributed by atoms with E-state index in [9.17, 15) is 0 Å². The van der Waals surface area contributed by atoms with Crippen LogP contribution in [0.2, 0.25) is 0 Å². The van der Waals surface area contributed by atoms with Crippen LogP contribution in [0.5, 0.6) is 0 Å². The minimum atomic E-state index is 0.338. The predicted molar refractivity (Wildman–Crippen MR) is 81.1 cm³/mol. The molecule has 0 aromatic heterocycles. The number of hydrogen-bond donors (Lipinski definition) is 1. The van der Waals surface area contributed by atoms with Crippen LogP contribution in [0.25, 0.3) is 0 Å². The zero-order chi connectivity index (χ0) is 13.5. The molecule has 1 N–H and O–H groups in total. The fourth-order valence-corrected chi connectivity index (χ4v) is 1.74. The fourth-order valence-electron chi connectivity index (χ4n) is 1.74. The van der Waals surface area contributed by atoms with Gasteiger partial charge in [-0.1, -0.05) is 44.8 Å². The van der Waals surface area contributed by atoms with Crippen LogP contribution in [0.4, 0.5) is 0 Å². The van der Waals surface area contributed by atoms with E-state index in [0.29, 0.717) is 6.61 Å². The van der Waals surface area contributed by atoms with Gasteiger partial charge in [0, 0.05) is 19.0 Å². The van der Waals surface area contributed by atoms with Crippen molar-refractivity contribution in [2.45, 2.75) is 65.2 Å². The molecule has 2 heteroatoms. The summed E-state index contributed by atoms with van der Waals surface area (Å²) >= 11 is 0. The van der Waals surface area contributed by atoms with E-state index in [-0.39, 0.29) is 0 Å². The fraction of sp³-hybridized carbons (Fsp3) is 0.688. The number of unbranched alkanes of at least 4 members (excludes halogenated alkanes) is 5. The highest BCUT2D eigenvalue weighted by molar-refractivity contribution is 5.78. The van der Waals surface area contributed by atoms with Crippen LogP contribution in [0.15, 0.2) is 28.9 Å². The average Bonchev–Trinajstić information content (AvgIpc) is 2.40. The first kappa shape index (κ1) is 17.1. The maximum Gasteiger partial charge on any atom is 0.0431 e. The van der Waals surface area contributed by atoms with Crippen molar-refractivity contribution in [3.63, 3.8) is 0 Å². The van der Waals surface area contributed by atoms with Gasteiger partial charge in [-0.3, -0.25) is 4.99 Å². The average molecular weight is 251 g/mol. The van der Waals surface area contributed by atoms with Gasteiger partial charge >= 0.3 is 0 Å². The lowest BCUT2D eigenvalue weighted by atomic mass is 10.1. The Balaban J connectivity index is 3.57. The third kappa shape index (κ3) is 11.6. The zero-order valence-corrected chi connectivity index (χ0v) is 12.1. The molecule has 0 saturated carbocycles. The summed E-state index contributed by atoms with van der Waals surface area (Å²) in [5, 5.41) is 8.67. The topological polar surface area (TPSA) is 32.6 Å². The second kappa shape index (κ2) is 14.2. The molecule has 0 radical (unpaired) electrons. The Kier molecular flexibility index (Phi) is 13.5. The van der Waals surface area contributed by atoms with Crippen LogP contribution < -0.4 is 0 Å². The smallest absolute Gasteiger partial charge is 0.0431 e. The van der Waals surface area contributed by atoms with Crippen molar-refractivity contribution in [2.75, 3.05) is 6.61 Å². The van der Waals surface area contributed by atoms with E-state index < -0.39 is 0 Å². The molecule has 2 nitrogen and oxygen atoms in total. The van der Waals surface area contributed by atoms with Gasteiger partial charge in [-0.15, -0.1) is 0 Å². The van der Waals surface area contributed by atoms with Crippen molar-refractivity contribution >= 4 is 6.21 Å². The SMILES string of the molecule is C\C=C(/C=N\C=C/CC)CCCCCCCCO. The van der Waals surface area contributed by atoms with Crippen LogP contribution in [-0.2, 0) is 0 Å². The van der Waals surface area contributed by atoms with Gasteiger partial charge in [0.05, 0.1) is 0 Å². The summed E-state index contributed by atoms with van der Waals surface area (Å²) in [7, 11) is 0. The standard InChI is InChI=1S/C16H29NO/c1-3-5-13-17-15-16(4-2)12-10-8-6-7-9-11-14-18/h4-5,13,15,18H,3,6-12,14H2,1-2H3/b13-5-,16-4-,17-15-. The summed E-state index contributed by atoms with van der Waals surface area (Å²) < 4.78 is 0.